The molecule has 1 rings (SSSR count). The van der Waals surface area contributed by atoms with E-state index in [4.69, 9.17) is 4.74 Å². The Labute approximate surface area is 74.9 Å². The second-order valence-corrected chi connectivity index (χ2v) is 2.10. The number of carbonyl (C=O) groups excluding carboxylic acids is 1. The molecule has 7 heteroatoms. The first-order valence-corrected chi connectivity index (χ1v) is 3.80. The van der Waals surface area contributed by atoms with Gasteiger partial charge in [-0.15, -0.1) is 5.10 Å². The number of aromatic nitrogens is 3. The van der Waals surface area contributed by atoms with Crippen molar-refractivity contribution in [2.75, 3.05) is 19.0 Å². The zero-order valence-corrected chi connectivity index (χ0v) is 7.42. The summed E-state index contributed by atoms with van der Waals surface area (Å²) in [7, 11) is 1.51. The van der Waals surface area contributed by atoms with Crippen molar-refractivity contribution in [2.24, 2.45) is 0 Å². The zero-order chi connectivity index (χ0) is 9.68. The van der Waals surface area contributed by atoms with Gasteiger partial charge in [-0.1, -0.05) is 0 Å². The van der Waals surface area contributed by atoms with Crippen LogP contribution in [0.1, 0.15) is 6.92 Å². The molecule has 0 aliphatic carbocycles. The Morgan fingerprint density at radius 3 is 3.08 bits per heavy atom. The van der Waals surface area contributed by atoms with Crippen LogP contribution in [0.5, 0.6) is 6.01 Å². The van der Waals surface area contributed by atoms with Gasteiger partial charge in [0.2, 0.25) is 5.95 Å². The molecule has 7 nitrogen and oxygen atoms in total. The number of hydrogen-bond donors (Lipinski definition) is 3. The van der Waals surface area contributed by atoms with Gasteiger partial charge in [-0.2, -0.15) is 4.98 Å². The minimum absolute atomic E-state index is 0.217. The number of rotatable bonds is 3. The van der Waals surface area contributed by atoms with Crippen molar-refractivity contribution in [3.8, 4) is 6.01 Å². The molecule has 0 atom stereocenters. The van der Waals surface area contributed by atoms with E-state index in [1.807, 2.05) is 6.92 Å². The lowest BCUT2D eigenvalue weighted by atomic mass is 10.8. The van der Waals surface area contributed by atoms with Crippen LogP contribution in [0.2, 0.25) is 0 Å². The SMILES string of the molecule is CCOc1n[nH]c(NC(=O)NC)n1. The highest BCUT2D eigenvalue weighted by Crippen LogP contribution is 2.04. The fraction of sp³-hybridized carbons (Fsp3) is 0.500. The number of carbonyl (C=O) groups is 1. The smallest absolute Gasteiger partial charge is 0.337 e. The first-order valence-electron chi connectivity index (χ1n) is 3.80. The Kier molecular flexibility index (Phi) is 3.07. The topological polar surface area (TPSA) is 91.9 Å². The average Bonchev–Trinajstić information content (AvgIpc) is 2.53. The standard InChI is InChI=1S/C6H11N5O2/c1-3-13-6-9-4(10-11-6)8-5(12)7-2/h3H2,1-2H3,(H3,7,8,9,10,11,12). The summed E-state index contributed by atoms with van der Waals surface area (Å²) in [6, 6.07) is -0.145. The fourth-order valence-electron chi connectivity index (χ4n) is 0.666. The number of nitrogens with zero attached hydrogens (tertiary/aromatic N) is 2. The summed E-state index contributed by atoms with van der Waals surface area (Å²) in [6.45, 7) is 2.31. The van der Waals surface area contributed by atoms with E-state index < -0.39 is 0 Å². The minimum atomic E-state index is -0.362. The maximum Gasteiger partial charge on any atom is 0.337 e. The third-order valence-electron chi connectivity index (χ3n) is 1.20. The van der Waals surface area contributed by atoms with Gasteiger partial charge < -0.3 is 10.1 Å². The predicted octanol–water partition coefficient (Wildman–Crippen LogP) is -0.0453. The molecular weight excluding hydrogens is 174 g/mol. The highest BCUT2D eigenvalue weighted by atomic mass is 16.5. The number of nitrogens with one attached hydrogen (secondary N) is 3. The molecule has 2 amide bonds. The molecule has 0 saturated carbocycles. The maximum absolute atomic E-state index is 10.8. The van der Waals surface area contributed by atoms with E-state index in [0.717, 1.165) is 0 Å². The highest BCUT2D eigenvalue weighted by Gasteiger charge is 2.04. The second-order valence-electron chi connectivity index (χ2n) is 2.10. The maximum atomic E-state index is 10.8. The summed E-state index contributed by atoms with van der Waals surface area (Å²) in [5.41, 5.74) is 0. The molecule has 0 saturated heterocycles. The Morgan fingerprint density at radius 2 is 2.46 bits per heavy atom. The van der Waals surface area contributed by atoms with Crippen LogP contribution in [0.15, 0.2) is 0 Å². The summed E-state index contributed by atoms with van der Waals surface area (Å²) in [5.74, 6) is 0.253. The van der Waals surface area contributed by atoms with E-state index in [9.17, 15) is 4.79 Å². The Bertz CT molecular complexity index is 284. The molecule has 72 valence electrons. The van der Waals surface area contributed by atoms with Crippen LogP contribution in [0.4, 0.5) is 10.7 Å². The number of urea groups is 1. The van der Waals surface area contributed by atoms with Gasteiger partial charge in [0.1, 0.15) is 0 Å². The molecule has 0 aliphatic rings. The van der Waals surface area contributed by atoms with Gasteiger partial charge in [0.15, 0.2) is 0 Å². The zero-order valence-electron chi connectivity index (χ0n) is 7.42. The van der Waals surface area contributed by atoms with Crippen LogP contribution in [-0.4, -0.2) is 34.9 Å². The van der Waals surface area contributed by atoms with Crippen LogP contribution in [-0.2, 0) is 0 Å². The van der Waals surface area contributed by atoms with Gasteiger partial charge in [-0.05, 0) is 6.92 Å². The summed E-state index contributed by atoms with van der Waals surface area (Å²) in [5, 5.41) is 11.0. The van der Waals surface area contributed by atoms with Crippen molar-refractivity contribution >= 4 is 12.0 Å². The molecular formula is C6H11N5O2. The van der Waals surface area contributed by atoms with Crippen LogP contribution < -0.4 is 15.4 Å². The number of ether oxygens (including phenoxy) is 1. The average molecular weight is 185 g/mol. The summed E-state index contributed by atoms with van der Waals surface area (Å²) in [4.78, 5) is 14.6. The van der Waals surface area contributed by atoms with Gasteiger partial charge in [0.05, 0.1) is 6.61 Å². The molecule has 0 spiro atoms. The predicted molar refractivity (Wildman–Crippen MR) is 45.6 cm³/mol. The molecule has 0 aliphatic heterocycles. The van der Waals surface area contributed by atoms with Gasteiger partial charge in [-0.25, -0.2) is 9.89 Å². The number of aromatic amines is 1. The molecule has 0 aromatic carbocycles. The van der Waals surface area contributed by atoms with Gasteiger partial charge in [-0.3, -0.25) is 5.32 Å². The Balaban J connectivity index is 2.53. The molecule has 3 N–H and O–H groups in total. The normalized spacial score (nSPS) is 9.38. The van der Waals surface area contributed by atoms with Crippen molar-refractivity contribution < 1.29 is 9.53 Å². The molecule has 0 unspecified atom stereocenters. The lowest BCUT2D eigenvalue weighted by Gasteiger charge is -1.97. The Hall–Kier alpha value is -1.79. The van der Waals surface area contributed by atoms with Crippen LogP contribution >= 0.6 is 0 Å². The molecule has 1 aromatic heterocycles. The van der Waals surface area contributed by atoms with Crippen molar-refractivity contribution in [3.05, 3.63) is 0 Å². The molecule has 1 aromatic rings. The second kappa shape index (κ2) is 4.29. The fourth-order valence-corrected chi connectivity index (χ4v) is 0.666. The minimum Gasteiger partial charge on any atom is -0.463 e. The summed E-state index contributed by atoms with van der Waals surface area (Å²) < 4.78 is 4.98. The van der Waals surface area contributed by atoms with Gasteiger partial charge in [0.25, 0.3) is 0 Å². The first kappa shape index (κ1) is 9.30. The van der Waals surface area contributed by atoms with Crippen LogP contribution in [0.25, 0.3) is 0 Å². The number of anilines is 1. The van der Waals surface area contributed by atoms with Crippen LogP contribution in [0.3, 0.4) is 0 Å². The first-order chi connectivity index (χ1) is 6.26. The van der Waals surface area contributed by atoms with E-state index in [0.29, 0.717) is 6.61 Å². The molecule has 0 bridgehead atoms. The van der Waals surface area contributed by atoms with Crippen molar-refractivity contribution in [2.45, 2.75) is 6.92 Å². The van der Waals surface area contributed by atoms with Gasteiger partial charge in [0, 0.05) is 7.05 Å². The quantitative estimate of drug-likeness (QED) is 0.615. The van der Waals surface area contributed by atoms with Crippen molar-refractivity contribution in [1.82, 2.24) is 20.5 Å². The Morgan fingerprint density at radius 1 is 1.69 bits per heavy atom. The summed E-state index contributed by atoms with van der Waals surface area (Å²) >= 11 is 0. The van der Waals surface area contributed by atoms with Crippen molar-refractivity contribution in [3.63, 3.8) is 0 Å². The largest absolute Gasteiger partial charge is 0.463 e. The number of hydrogen-bond acceptors (Lipinski definition) is 4. The third-order valence-corrected chi connectivity index (χ3v) is 1.20. The highest BCUT2D eigenvalue weighted by molar-refractivity contribution is 5.86. The monoisotopic (exact) mass is 185 g/mol. The van der Waals surface area contributed by atoms with E-state index in [1.54, 1.807) is 0 Å². The van der Waals surface area contributed by atoms with Crippen LogP contribution in [0, 0.1) is 0 Å². The molecule has 0 fully saturated rings. The van der Waals surface area contributed by atoms with E-state index in [2.05, 4.69) is 25.8 Å². The number of H-pyrrole nitrogens is 1. The molecule has 1 heterocycles. The summed E-state index contributed by atoms with van der Waals surface area (Å²) in [6.07, 6.45) is 0. The number of amides is 2. The molecule has 13 heavy (non-hydrogen) atoms. The van der Waals surface area contributed by atoms with E-state index in [1.165, 1.54) is 7.05 Å². The van der Waals surface area contributed by atoms with E-state index >= 15 is 0 Å². The molecule has 0 radical (unpaired) electrons. The van der Waals surface area contributed by atoms with Gasteiger partial charge >= 0.3 is 12.0 Å². The lowest BCUT2D eigenvalue weighted by molar-refractivity contribution is 0.254. The lowest BCUT2D eigenvalue weighted by Crippen LogP contribution is -2.25. The van der Waals surface area contributed by atoms with E-state index in [-0.39, 0.29) is 18.0 Å². The third kappa shape index (κ3) is 2.62. The van der Waals surface area contributed by atoms with Crippen molar-refractivity contribution in [1.29, 1.82) is 0 Å².